The third kappa shape index (κ3) is 4.70. The Labute approximate surface area is 134 Å². The molecule has 0 saturated carbocycles. The molecule has 4 nitrogen and oxygen atoms in total. The van der Waals surface area contributed by atoms with Crippen LogP contribution >= 0.6 is 11.3 Å². The van der Waals surface area contributed by atoms with Gasteiger partial charge in [0.25, 0.3) is 5.91 Å². The molecular formula is C17H20N2O2S. The van der Waals surface area contributed by atoms with E-state index in [1.165, 1.54) is 4.88 Å². The number of hydrogen-bond acceptors (Lipinski definition) is 4. The fraction of sp³-hybridized carbons (Fsp3) is 0.294. The van der Waals surface area contributed by atoms with Crippen LogP contribution in [-0.4, -0.2) is 18.7 Å². The second kappa shape index (κ2) is 8.34. The Morgan fingerprint density at radius 3 is 2.64 bits per heavy atom. The highest BCUT2D eigenvalue weighted by molar-refractivity contribution is 7.13. The lowest BCUT2D eigenvalue weighted by atomic mass is 10.2. The van der Waals surface area contributed by atoms with E-state index in [-0.39, 0.29) is 5.91 Å². The quantitative estimate of drug-likeness (QED) is 0.623. The minimum atomic E-state index is -0.231. The molecule has 5 heteroatoms. The van der Waals surface area contributed by atoms with Gasteiger partial charge in [-0.05, 0) is 49.2 Å². The maximum absolute atomic E-state index is 12.0. The molecule has 2 aromatic rings. The van der Waals surface area contributed by atoms with Crippen molar-refractivity contribution < 1.29 is 9.53 Å². The molecule has 1 N–H and O–H groups in total. The fourth-order valence-electron chi connectivity index (χ4n) is 1.80. The number of hydrazone groups is 1. The number of aryl methyl sites for hydroxylation is 1. The number of amides is 1. The number of carbonyl (C=O) groups is 1. The minimum Gasteiger partial charge on any atom is -0.494 e. The topological polar surface area (TPSA) is 50.7 Å². The molecule has 2 rings (SSSR count). The molecule has 1 aromatic heterocycles. The SMILES string of the molecule is CCCOc1ccc(C(=O)N/N=C/c2ccc(CC)s2)cc1. The van der Waals surface area contributed by atoms with E-state index in [0.717, 1.165) is 23.5 Å². The summed E-state index contributed by atoms with van der Waals surface area (Å²) in [4.78, 5) is 14.3. The summed E-state index contributed by atoms with van der Waals surface area (Å²) in [6, 6.07) is 11.1. The van der Waals surface area contributed by atoms with Crippen LogP contribution in [0.4, 0.5) is 0 Å². The summed E-state index contributed by atoms with van der Waals surface area (Å²) in [6.45, 7) is 4.84. The first-order valence-corrected chi connectivity index (χ1v) is 8.19. The molecule has 0 radical (unpaired) electrons. The third-order valence-electron chi connectivity index (χ3n) is 2.98. The maximum atomic E-state index is 12.0. The van der Waals surface area contributed by atoms with Gasteiger partial charge in [0, 0.05) is 15.3 Å². The van der Waals surface area contributed by atoms with Crippen molar-refractivity contribution in [3.05, 3.63) is 51.7 Å². The molecule has 0 unspecified atom stereocenters. The van der Waals surface area contributed by atoms with Crippen molar-refractivity contribution in [3.63, 3.8) is 0 Å². The van der Waals surface area contributed by atoms with Crippen molar-refractivity contribution in [3.8, 4) is 5.75 Å². The molecule has 0 atom stereocenters. The zero-order valence-electron chi connectivity index (χ0n) is 12.8. The van der Waals surface area contributed by atoms with Crippen molar-refractivity contribution in [2.24, 2.45) is 5.10 Å². The number of nitrogens with one attached hydrogen (secondary N) is 1. The summed E-state index contributed by atoms with van der Waals surface area (Å²) in [7, 11) is 0. The fourth-order valence-corrected chi connectivity index (χ4v) is 2.62. The van der Waals surface area contributed by atoms with E-state index in [0.29, 0.717) is 12.2 Å². The van der Waals surface area contributed by atoms with Gasteiger partial charge >= 0.3 is 0 Å². The maximum Gasteiger partial charge on any atom is 0.271 e. The van der Waals surface area contributed by atoms with E-state index in [9.17, 15) is 4.79 Å². The Morgan fingerprint density at radius 1 is 1.23 bits per heavy atom. The van der Waals surface area contributed by atoms with Gasteiger partial charge in [0.2, 0.25) is 0 Å². The second-order valence-corrected chi connectivity index (χ2v) is 5.93. The number of benzene rings is 1. The molecule has 1 amide bonds. The first-order valence-electron chi connectivity index (χ1n) is 7.38. The molecular weight excluding hydrogens is 296 g/mol. The Balaban J connectivity index is 1.88. The number of nitrogens with zero attached hydrogens (tertiary/aromatic N) is 1. The van der Waals surface area contributed by atoms with Gasteiger partial charge in [-0.2, -0.15) is 5.10 Å². The molecule has 0 spiro atoms. The van der Waals surface area contributed by atoms with Gasteiger partial charge in [-0.15, -0.1) is 11.3 Å². The first-order chi connectivity index (χ1) is 10.7. The Bertz CT molecular complexity index is 632. The smallest absolute Gasteiger partial charge is 0.271 e. The van der Waals surface area contributed by atoms with E-state index < -0.39 is 0 Å². The molecule has 0 fully saturated rings. The summed E-state index contributed by atoms with van der Waals surface area (Å²) in [6.07, 6.45) is 3.64. The first kappa shape index (κ1) is 16.2. The standard InChI is InChI=1S/C17H20N2O2S/c1-3-11-21-14-7-5-13(6-8-14)17(20)19-18-12-16-10-9-15(4-2)22-16/h5-10,12H,3-4,11H2,1-2H3,(H,19,20)/b18-12+. The number of thiophene rings is 1. The predicted molar refractivity (Wildman–Crippen MR) is 91.0 cm³/mol. The van der Waals surface area contributed by atoms with Crippen molar-refractivity contribution in [1.82, 2.24) is 5.43 Å². The normalized spacial score (nSPS) is 10.8. The van der Waals surface area contributed by atoms with E-state index >= 15 is 0 Å². The molecule has 0 aliphatic carbocycles. The molecule has 1 heterocycles. The Morgan fingerprint density at radius 2 is 2.00 bits per heavy atom. The number of carbonyl (C=O) groups excluding carboxylic acids is 1. The summed E-state index contributed by atoms with van der Waals surface area (Å²) in [5.74, 6) is 0.540. The van der Waals surface area contributed by atoms with E-state index in [4.69, 9.17) is 4.74 Å². The van der Waals surface area contributed by atoms with Gasteiger partial charge in [-0.1, -0.05) is 13.8 Å². The van der Waals surface area contributed by atoms with Crippen LogP contribution in [0.5, 0.6) is 5.75 Å². The number of ether oxygens (including phenoxy) is 1. The van der Waals surface area contributed by atoms with E-state index in [2.05, 4.69) is 30.4 Å². The molecule has 0 aliphatic heterocycles. The van der Waals surface area contributed by atoms with Crippen molar-refractivity contribution in [2.75, 3.05) is 6.61 Å². The minimum absolute atomic E-state index is 0.231. The summed E-state index contributed by atoms with van der Waals surface area (Å²) < 4.78 is 5.48. The monoisotopic (exact) mass is 316 g/mol. The zero-order chi connectivity index (χ0) is 15.8. The molecule has 116 valence electrons. The van der Waals surface area contributed by atoms with Crippen molar-refractivity contribution in [2.45, 2.75) is 26.7 Å². The van der Waals surface area contributed by atoms with Gasteiger partial charge in [0.1, 0.15) is 5.75 Å². The van der Waals surface area contributed by atoms with Crippen molar-refractivity contribution >= 4 is 23.5 Å². The van der Waals surface area contributed by atoms with Gasteiger partial charge in [-0.25, -0.2) is 5.43 Å². The van der Waals surface area contributed by atoms with Crippen LogP contribution < -0.4 is 10.2 Å². The van der Waals surface area contributed by atoms with Crippen LogP contribution in [0.25, 0.3) is 0 Å². The molecule has 0 aliphatic rings. The van der Waals surface area contributed by atoms with Crippen LogP contribution in [0.3, 0.4) is 0 Å². The van der Waals surface area contributed by atoms with Gasteiger partial charge in [0.15, 0.2) is 0 Å². The summed E-state index contributed by atoms with van der Waals surface area (Å²) in [5, 5.41) is 3.99. The molecule has 1 aromatic carbocycles. The lowest BCUT2D eigenvalue weighted by Gasteiger charge is -2.05. The predicted octanol–water partition coefficient (Wildman–Crippen LogP) is 3.86. The van der Waals surface area contributed by atoms with Crippen LogP contribution in [0.1, 0.15) is 40.4 Å². The van der Waals surface area contributed by atoms with Gasteiger partial charge < -0.3 is 4.74 Å². The highest BCUT2D eigenvalue weighted by atomic mass is 32.1. The number of rotatable bonds is 7. The molecule has 0 bridgehead atoms. The largest absolute Gasteiger partial charge is 0.494 e. The highest BCUT2D eigenvalue weighted by Crippen LogP contribution is 2.15. The highest BCUT2D eigenvalue weighted by Gasteiger charge is 2.04. The average Bonchev–Trinajstić information content (AvgIpc) is 3.01. The lowest BCUT2D eigenvalue weighted by molar-refractivity contribution is 0.0955. The van der Waals surface area contributed by atoms with Crippen LogP contribution in [0.15, 0.2) is 41.5 Å². The summed E-state index contributed by atoms with van der Waals surface area (Å²) in [5.41, 5.74) is 3.09. The zero-order valence-corrected chi connectivity index (χ0v) is 13.7. The Kier molecular flexibility index (Phi) is 6.15. The van der Waals surface area contributed by atoms with Crippen LogP contribution in [-0.2, 0) is 6.42 Å². The molecule has 22 heavy (non-hydrogen) atoms. The molecule has 0 saturated heterocycles. The van der Waals surface area contributed by atoms with E-state index in [1.807, 2.05) is 6.07 Å². The lowest BCUT2D eigenvalue weighted by Crippen LogP contribution is -2.17. The van der Waals surface area contributed by atoms with Crippen molar-refractivity contribution in [1.29, 1.82) is 0 Å². The second-order valence-electron chi connectivity index (χ2n) is 4.73. The average molecular weight is 316 g/mol. The summed E-state index contributed by atoms with van der Waals surface area (Å²) >= 11 is 1.67. The van der Waals surface area contributed by atoms with Gasteiger partial charge in [0.05, 0.1) is 12.8 Å². The third-order valence-corrected chi connectivity index (χ3v) is 4.14. The van der Waals surface area contributed by atoms with Crippen LogP contribution in [0, 0.1) is 0 Å². The van der Waals surface area contributed by atoms with Gasteiger partial charge in [-0.3, -0.25) is 4.79 Å². The Hall–Kier alpha value is -2.14. The number of hydrogen-bond donors (Lipinski definition) is 1. The van der Waals surface area contributed by atoms with E-state index in [1.54, 1.807) is 41.8 Å². The van der Waals surface area contributed by atoms with Crippen LogP contribution in [0.2, 0.25) is 0 Å².